The van der Waals surface area contributed by atoms with Crippen molar-refractivity contribution in [3.63, 3.8) is 0 Å². The van der Waals surface area contributed by atoms with Gasteiger partial charge in [-0.2, -0.15) is 0 Å². The highest BCUT2D eigenvalue weighted by Gasteiger charge is 2.30. The number of aromatic nitrogens is 3. The molecule has 2 atom stereocenters. The van der Waals surface area contributed by atoms with E-state index in [4.69, 9.17) is 4.98 Å². The van der Waals surface area contributed by atoms with Crippen LogP contribution >= 0.6 is 11.8 Å². The number of nitrogens with zero attached hydrogens (tertiary/aromatic N) is 3. The number of amides is 1. The average Bonchev–Trinajstić information content (AvgIpc) is 3.13. The Hall–Kier alpha value is -2.78. The van der Waals surface area contributed by atoms with Gasteiger partial charge in [0.15, 0.2) is 9.84 Å². The van der Waals surface area contributed by atoms with E-state index in [0.29, 0.717) is 23.0 Å². The summed E-state index contributed by atoms with van der Waals surface area (Å²) < 4.78 is 23.3. The van der Waals surface area contributed by atoms with E-state index in [2.05, 4.69) is 15.5 Å². The molecule has 2 aromatic carbocycles. The third-order valence-corrected chi connectivity index (χ3v) is 8.27. The Morgan fingerprint density at radius 2 is 1.55 bits per heavy atom. The molecule has 1 saturated heterocycles. The summed E-state index contributed by atoms with van der Waals surface area (Å²) in [5, 5.41) is 11.5. The number of hydrogen-bond donors (Lipinski definition) is 1. The molecular formula is C24H26N4O3S2. The lowest BCUT2D eigenvalue weighted by atomic mass is 10.0. The Morgan fingerprint density at radius 1 is 0.970 bits per heavy atom. The molecule has 0 saturated carbocycles. The summed E-state index contributed by atoms with van der Waals surface area (Å²) in [5.41, 5.74) is 5.51. The molecule has 1 aromatic heterocycles. The summed E-state index contributed by atoms with van der Waals surface area (Å²) in [7, 11) is -3.06. The second kappa shape index (κ2) is 9.61. The number of thioether (sulfide) groups is 1. The molecule has 1 aliphatic rings. The molecule has 1 N–H and O–H groups in total. The number of carbonyl (C=O) groups excluding carboxylic acids is 1. The van der Waals surface area contributed by atoms with E-state index in [1.54, 1.807) is 6.92 Å². The lowest BCUT2D eigenvalue weighted by Crippen LogP contribution is -2.40. The molecule has 0 aliphatic carbocycles. The first-order valence-electron chi connectivity index (χ1n) is 10.8. The summed E-state index contributed by atoms with van der Waals surface area (Å²) in [4.78, 5) is 17.4. The molecule has 7 nitrogen and oxygen atoms in total. The van der Waals surface area contributed by atoms with E-state index in [9.17, 15) is 13.2 Å². The Labute approximate surface area is 198 Å². The zero-order valence-corrected chi connectivity index (χ0v) is 20.4. The van der Waals surface area contributed by atoms with Crippen LogP contribution in [0.2, 0.25) is 0 Å². The molecule has 1 aliphatic heterocycles. The fraction of sp³-hybridized carbons (Fsp3) is 0.333. The summed E-state index contributed by atoms with van der Waals surface area (Å²) in [6, 6.07) is 15.8. The monoisotopic (exact) mass is 482 g/mol. The molecule has 4 rings (SSSR count). The van der Waals surface area contributed by atoms with Gasteiger partial charge in [0.25, 0.3) is 0 Å². The van der Waals surface area contributed by atoms with Crippen LogP contribution in [0.25, 0.3) is 22.5 Å². The van der Waals surface area contributed by atoms with Crippen LogP contribution in [0, 0.1) is 13.8 Å². The van der Waals surface area contributed by atoms with E-state index in [-0.39, 0.29) is 23.5 Å². The molecule has 2 heterocycles. The van der Waals surface area contributed by atoms with E-state index < -0.39 is 15.1 Å². The van der Waals surface area contributed by atoms with Gasteiger partial charge in [0.1, 0.15) is 11.4 Å². The van der Waals surface area contributed by atoms with Gasteiger partial charge in [-0.3, -0.25) is 4.79 Å². The molecule has 9 heteroatoms. The van der Waals surface area contributed by atoms with Crippen LogP contribution in [-0.4, -0.2) is 52.3 Å². The summed E-state index contributed by atoms with van der Waals surface area (Å²) in [5.74, 6) is -0.116. The highest BCUT2D eigenvalue weighted by Crippen LogP contribution is 2.31. The van der Waals surface area contributed by atoms with Crippen LogP contribution in [0.4, 0.5) is 0 Å². The highest BCUT2D eigenvalue weighted by atomic mass is 32.2. The number of sulfone groups is 1. The molecule has 0 spiro atoms. The minimum atomic E-state index is -3.06. The number of hydrogen-bond acceptors (Lipinski definition) is 7. The van der Waals surface area contributed by atoms with Gasteiger partial charge >= 0.3 is 0 Å². The zero-order chi connectivity index (χ0) is 23.6. The number of benzene rings is 2. The van der Waals surface area contributed by atoms with Crippen molar-refractivity contribution in [1.82, 2.24) is 20.5 Å². The number of aryl methyl sites for hydroxylation is 2. The van der Waals surface area contributed by atoms with Gasteiger partial charge in [0.2, 0.25) is 11.1 Å². The van der Waals surface area contributed by atoms with Crippen molar-refractivity contribution in [1.29, 1.82) is 0 Å². The molecule has 2 unspecified atom stereocenters. The molecule has 33 heavy (non-hydrogen) atoms. The van der Waals surface area contributed by atoms with Gasteiger partial charge in [-0.1, -0.05) is 71.4 Å². The molecule has 1 fully saturated rings. The third kappa shape index (κ3) is 5.78. The predicted molar refractivity (Wildman–Crippen MR) is 131 cm³/mol. The summed E-state index contributed by atoms with van der Waals surface area (Å²) >= 11 is 1.21. The fourth-order valence-corrected chi connectivity index (χ4v) is 6.02. The minimum absolute atomic E-state index is 0.00298. The van der Waals surface area contributed by atoms with Gasteiger partial charge in [-0.15, -0.1) is 10.2 Å². The van der Waals surface area contributed by atoms with Crippen LogP contribution in [0.3, 0.4) is 0 Å². The number of rotatable bonds is 6. The van der Waals surface area contributed by atoms with E-state index in [0.717, 1.165) is 22.3 Å². The standard InChI is InChI=1S/C24H26N4O3S2/c1-15-4-8-18(9-5-15)21-22(19-10-6-16(2)7-11-19)27-28-24(26-21)32-17(3)23(29)25-20-12-13-33(30,31)14-20/h4-11,17,20H,12-14H2,1-3H3,(H,25,29). The topological polar surface area (TPSA) is 102 Å². The zero-order valence-electron chi connectivity index (χ0n) is 18.8. The molecule has 1 amide bonds. The maximum absolute atomic E-state index is 12.6. The van der Waals surface area contributed by atoms with E-state index in [1.807, 2.05) is 62.4 Å². The van der Waals surface area contributed by atoms with Crippen molar-refractivity contribution in [2.45, 2.75) is 43.6 Å². The molecule has 172 valence electrons. The third-order valence-electron chi connectivity index (χ3n) is 5.55. The Kier molecular flexibility index (Phi) is 6.81. The average molecular weight is 483 g/mol. The van der Waals surface area contributed by atoms with Gasteiger partial charge in [-0.25, -0.2) is 13.4 Å². The normalized spacial score (nSPS) is 18.1. The van der Waals surface area contributed by atoms with Gasteiger partial charge in [0.05, 0.1) is 16.8 Å². The maximum atomic E-state index is 12.6. The number of nitrogens with one attached hydrogen (secondary N) is 1. The Balaban J connectivity index is 1.58. The van der Waals surface area contributed by atoms with E-state index >= 15 is 0 Å². The van der Waals surface area contributed by atoms with Gasteiger partial charge in [0, 0.05) is 17.2 Å². The van der Waals surface area contributed by atoms with Crippen LogP contribution in [-0.2, 0) is 14.6 Å². The first-order chi connectivity index (χ1) is 15.7. The summed E-state index contributed by atoms with van der Waals surface area (Å²) in [6.07, 6.45) is 0.451. The van der Waals surface area contributed by atoms with Crippen molar-refractivity contribution in [3.8, 4) is 22.5 Å². The Morgan fingerprint density at radius 3 is 2.09 bits per heavy atom. The SMILES string of the molecule is Cc1ccc(-c2nnc(SC(C)C(=O)NC3CCS(=O)(=O)C3)nc2-c2ccc(C)cc2)cc1. The fourth-order valence-electron chi connectivity index (χ4n) is 3.62. The second-order valence-corrected chi connectivity index (χ2v) is 11.9. The lowest BCUT2D eigenvalue weighted by molar-refractivity contribution is -0.120. The molecule has 3 aromatic rings. The van der Waals surface area contributed by atoms with Crippen LogP contribution in [0.15, 0.2) is 53.7 Å². The maximum Gasteiger partial charge on any atom is 0.233 e. The first kappa shape index (κ1) is 23.4. The van der Waals surface area contributed by atoms with Crippen LogP contribution in [0.1, 0.15) is 24.5 Å². The van der Waals surface area contributed by atoms with E-state index in [1.165, 1.54) is 11.8 Å². The Bertz CT molecular complexity index is 1260. The largest absolute Gasteiger partial charge is 0.351 e. The van der Waals surface area contributed by atoms with Crippen molar-refractivity contribution in [2.24, 2.45) is 0 Å². The quantitative estimate of drug-likeness (QED) is 0.536. The van der Waals surface area contributed by atoms with Crippen molar-refractivity contribution in [3.05, 3.63) is 59.7 Å². The van der Waals surface area contributed by atoms with Gasteiger partial charge in [-0.05, 0) is 27.2 Å². The van der Waals surface area contributed by atoms with Crippen LogP contribution in [0.5, 0.6) is 0 Å². The van der Waals surface area contributed by atoms with Crippen molar-refractivity contribution in [2.75, 3.05) is 11.5 Å². The molecule has 0 bridgehead atoms. The van der Waals surface area contributed by atoms with Crippen molar-refractivity contribution >= 4 is 27.5 Å². The smallest absolute Gasteiger partial charge is 0.233 e. The minimum Gasteiger partial charge on any atom is -0.351 e. The second-order valence-electron chi connectivity index (χ2n) is 8.39. The number of carbonyl (C=O) groups is 1. The predicted octanol–water partition coefficient (Wildman–Crippen LogP) is 3.61. The van der Waals surface area contributed by atoms with Gasteiger partial charge < -0.3 is 5.32 Å². The molecular weight excluding hydrogens is 456 g/mol. The molecule has 0 radical (unpaired) electrons. The highest BCUT2D eigenvalue weighted by molar-refractivity contribution is 8.00. The lowest BCUT2D eigenvalue weighted by Gasteiger charge is -2.15. The first-order valence-corrected chi connectivity index (χ1v) is 13.5. The van der Waals surface area contributed by atoms with Crippen LogP contribution < -0.4 is 5.32 Å². The van der Waals surface area contributed by atoms with Crippen molar-refractivity contribution < 1.29 is 13.2 Å². The summed E-state index contributed by atoms with van der Waals surface area (Å²) in [6.45, 7) is 5.81.